The van der Waals surface area contributed by atoms with Gasteiger partial charge >= 0.3 is 0 Å². The minimum absolute atomic E-state index is 0.0698. The minimum atomic E-state index is -0.0698. The van der Waals surface area contributed by atoms with Gasteiger partial charge in [0.15, 0.2) is 5.65 Å². The highest BCUT2D eigenvalue weighted by molar-refractivity contribution is 7.15. The molecule has 0 aliphatic heterocycles. The molecular formula is C19H24N4OS. The number of rotatable bonds is 5. The summed E-state index contributed by atoms with van der Waals surface area (Å²) in [6, 6.07) is 6.32. The number of carbonyl (C=O) groups excluding carboxylic acids is 1. The van der Waals surface area contributed by atoms with E-state index in [1.54, 1.807) is 17.5 Å². The molecule has 0 saturated heterocycles. The fourth-order valence-corrected chi connectivity index (χ4v) is 3.51. The summed E-state index contributed by atoms with van der Waals surface area (Å²) in [5.74, 6) is -0.0698. The van der Waals surface area contributed by atoms with Crippen LogP contribution in [0.3, 0.4) is 0 Å². The average molecular weight is 356 g/mol. The lowest BCUT2D eigenvalue weighted by Crippen LogP contribution is -2.32. The van der Waals surface area contributed by atoms with Crippen molar-refractivity contribution in [3.05, 3.63) is 34.8 Å². The Morgan fingerprint density at radius 1 is 1.32 bits per heavy atom. The first kappa shape index (κ1) is 17.6. The lowest BCUT2D eigenvalue weighted by molar-refractivity contribution is 0.0941. The molecule has 0 spiro atoms. The van der Waals surface area contributed by atoms with Gasteiger partial charge in [0.25, 0.3) is 5.91 Å². The van der Waals surface area contributed by atoms with E-state index in [1.807, 2.05) is 17.7 Å². The Labute approximate surface area is 152 Å². The van der Waals surface area contributed by atoms with Gasteiger partial charge in [-0.2, -0.15) is 5.10 Å². The largest absolute Gasteiger partial charge is 0.350 e. The van der Waals surface area contributed by atoms with Crippen molar-refractivity contribution in [2.24, 2.45) is 0 Å². The standard InChI is InChI=1S/C19H24N4OS/c1-6-12(4)21-19(24)14-9-16(17-8-7-13(5)25-17)22-18-15(14)10-20-23(18)11(2)3/h7-12H,6H2,1-5H3,(H,21,24). The molecule has 1 amide bonds. The van der Waals surface area contributed by atoms with Gasteiger partial charge in [-0.15, -0.1) is 11.3 Å². The topological polar surface area (TPSA) is 59.8 Å². The second-order valence-corrected chi connectivity index (χ2v) is 7.96. The third-order valence-electron chi connectivity index (χ3n) is 4.28. The highest BCUT2D eigenvalue weighted by Gasteiger charge is 2.19. The molecule has 0 aromatic carbocycles. The number of aromatic nitrogens is 3. The predicted octanol–water partition coefficient (Wildman–Crippen LogP) is 4.58. The average Bonchev–Trinajstić information content (AvgIpc) is 3.19. The minimum Gasteiger partial charge on any atom is -0.350 e. The van der Waals surface area contributed by atoms with E-state index in [0.29, 0.717) is 5.56 Å². The molecule has 6 heteroatoms. The van der Waals surface area contributed by atoms with Crippen LogP contribution in [0.4, 0.5) is 0 Å². The monoisotopic (exact) mass is 356 g/mol. The molecule has 3 rings (SSSR count). The van der Waals surface area contributed by atoms with Gasteiger partial charge < -0.3 is 5.32 Å². The SMILES string of the molecule is CCC(C)NC(=O)c1cc(-c2ccc(C)s2)nc2c1cnn2C(C)C. The Morgan fingerprint density at radius 3 is 2.68 bits per heavy atom. The summed E-state index contributed by atoms with van der Waals surface area (Å²) >= 11 is 1.68. The van der Waals surface area contributed by atoms with E-state index in [4.69, 9.17) is 4.98 Å². The van der Waals surface area contributed by atoms with Crippen LogP contribution in [0.15, 0.2) is 24.4 Å². The Balaban J connectivity index is 2.18. The lowest BCUT2D eigenvalue weighted by Gasteiger charge is -2.13. The number of nitrogens with zero attached hydrogens (tertiary/aromatic N) is 3. The molecule has 132 valence electrons. The van der Waals surface area contributed by atoms with Crippen molar-refractivity contribution in [1.82, 2.24) is 20.1 Å². The first-order valence-electron chi connectivity index (χ1n) is 8.66. The first-order chi connectivity index (χ1) is 11.9. The van der Waals surface area contributed by atoms with Gasteiger partial charge in [0.05, 0.1) is 27.7 Å². The van der Waals surface area contributed by atoms with Gasteiger partial charge in [0.2, 0.25) is 0 Å². The number of amides is 1. The van der Waals surface area contributed by atoms with E-state index < -0.39 is 0 Å². The van der Waals surface area contributed by atoms with Crippen molar-refractivity contribution >= 4 is 28.3 Å². The number of thiophene rings is 1. The lowest BCUT2D eigenvalue weighted by atomic mass is 10.1. The molecule has 0 radical (unpaired) electrons. The predicted molar refractivity (Wildman–Crippen MR) is 103 cm³/mol. The molecule has 0 fully saturated rings. The van der Waals surface area contributed by atoms with Gasteiger partial charge in [0.1, 0.15) is 0 Å². The molecule has 3 aromatic heterocycles. The van der Waals surface area contributed by atoms with Gasteiger partial charge in [0, 0.05) is 17.0 Å². The van der Waals surface area contributed by atoms with Crippen LogP contribution in [0.25, 0.3) is 21.6 Å². The van der Waals surface area contributed by atoms with Crippen LogP contribution in [-0.4, -0.2) is 26.7 Å². The maximum absolute atomic E-state index is 12.8. The summed E-state index contributed by atoms with van der Waals surface area (Å²) in [5.41, 5.74) is 2.22. The van der Waals surface area contributed by atoms with Crippen LogP contribution in [0.2, 0.25) is 0 Å². The van der Waals surface area contributed by atoms with Crippen molar-refractivity contribution in [3.63, 3.8) is 0 Å². The smallest absolute Gasteiger partial charge is 0.252 e. The number of nitrogens with one attached hydrogen (secondary N) is 1. The van der Waals surface area contributed by atoms with Crippen molar-refractivity contribution < 1.29 is 4.79 Å². The zero-order valence-electron chi connectivity index (χ0n) is 15.3. The molecule has 1 atom stereocenters. The number of aryl methyl sites for hydroxylation is 1. The maximum atomic E-state index is 12.8. The maximum Gasteiger partial charge on any atom is 0.252 e. The summed E-state index contributed by atoms with van der Waals surface area (Å²) < 4.78 is 1.87. The fraction of sp³-hybridized carbons (Fsp3) is 0.421. The van der Waals surface area contributed by atoms with Crippen LogP contribution in [0, 0.1) is 6.92 Å². The molecule has 1 unspecified atom stereocenters. The second-order valence-electron chi connectivity index (χ2n) is 6.67. The van der Waals surface area contributed by atoms with Crippen LogP contribution in [0.5, 0.6) is 0 Å². The van der Waals surface area contributed by atoms with Crippen molar-refractivity contribution in [2.75, 3.05) is 0 Å². The number of carbonyl (C=O) groups is 1. The number of pyridine rings is 1. The van der Waals surface area contributed by atoms with E-state index in [2.05, 4.69) is 50.2 Å². The van der Waals surface area contributed by atoms with Crippen molar-refractivity contribution in [3.8, 4) is 10.6 Å². The number of fused-ring (bicyclic) bond motifs is 1. The highest BCUT2D eigenvalue weighted by atomic mass is 32.1. The summed E-state index contributed by atoms with van der Waals surface area (Å²) in [4.78, 5) is 19.9. The van der Waals surface area contributed by atoms with Crippen LogP contribution >= 0.6 is 11.3 Å². The molecular weight excluding hydrogens is 332 g/mol. The molecule has 5 nitrogen and oxygen atoms in total. The summed E-state index contributed by atoms with van der Waals surface area (Å²) in [7, 11) is 0. The Kier molecular flexibility index (Phi) is 4.90. The van der Waals surface area contributed by atoms with E-state index in [-0.39, 0.29) is 18.0 Å². The molecule has 3 aromatic rings. The van der Waals surface area contributed by atoms with Crippen molar-refractivity contribution in [1.29, 1.82) is 0 Å². The molecule has 0 aliphatic rings. The molecule has 3 heterocycles. The van der Waals surface area contributed by atoms with Crippen molar-refractivity contribution in [2.45, 2.75) is 53.1 Å². The third kappa shape index (κ3) is 3.44. The van der Waals surface area contributed by atoms with Crippen LogP contribution < -0.4 is 5.32 Å². The van der Waals surface area contributed by atoms with E-state index in [0.717, 1.165) is 28.0 Å². The molecule has 1 N–H and O–H groups in total. The second kappa shape index (κ2) is 6.96. The molecule has 0 aliphatic carbocycles. The quantitative estimate of drug-likeness (QED) is 0.728. The summed E-state index contributed by atoms with van der Waals surface area (Å²) in [6.45, 7) is 10.3. The molecule has 25 heavy (non-hydrogen) atoms. The van der Waals surface area contributed by atoms with E-state index >= 15 is 0 Å². The van der Waals surface area contributed by atoms with Crippen LogP contribution in [-0.2, 0) is 0 Å². The summed E-state index contributed by atoms with van der Waals surface area (Å²) in [6.07, 6.45) is 2.64. The third-order valence-corrected chi connectivity index (χ3v) is 5.31. The first-order valence-corrected chi connectivity index (χ1v) is 9.48. The zero-order valence-corrected chi connectivity index (χ0v) is 16.1. The van der Waals surface area contributed by atoms with Gasteiger partial charge in [-0.3, -0.25) is 4.79 Å². The van der Waals surface area contributed by atoms with Gasteiger partial charge in [-0.25, -0.2) is 9.67 Å². The molecule has 0 bridgehead atoms. The Hall–Kier alpha value is -2.21. The number of hydrogen-bond donors (Lipinski definition) is 1. The Bertz CT molecular complexity index is 909. The van der Waals surface area contributed by atoms with Gasteiger partial charge in [-0.1, -0.05) is 6.92 Å². The highest BCUT2D eigenvalue weighted by Crippen LogP contribution is 2.30. The summed E-state index contributed by atoms with van der Waals surface area (Å²) in [5, 5.41) is 8.31. The number of hydrogen-bond acceptors (Lipinski definition) is 4. The zero-order chi connectivity index (χ0) is 18.1. The van der Waals surface area contributed by atoms with E-state index in [1.165, 1.54) is 4.88 Å². The normalized spacial score (nSPS) is 12.7. The van der Waals surface area contributed by atoms with Crippen LogP contribution in [0.1, 0.15) is 55.4 Å². The molecule has 0 saturated carbocycles. The fourth-order valence-electron chi connectivity index (χ4n) is 2.69. The Morgan fingerprint density at radius 2 is 2.08 bits per heavy atom. The van der Waals surface area contributed by atoms with E-state index in [9.17, 15) is 4.79 Å². The van der Waals surface area contributed by atoms with Gasteiger partial charge in [-0.05, 0) is 52.3 Å².